The van der Waals surface area contributed by atoms with Crippen LogP contribution in [-0.4, -0.2) is 33.2 Å². The summed E-state index contributed by atoms with van der Waals surface area (Å²) in [5, 5.41) is 25.1. The van der Waals surface area contributed by atoms with Gasteiger partial charge in [0.15, 0.2) is 0 Å². The van der Waals surface area contributed by atoms with E-state index >= 15 is 0 Å². The molecule has 0 bridgehead atoms. The monoisotopic (exact) mass is 258 g/mol. The van der Waals surface area contributed by atoms with Crippen molar-refractivity contribution in [3.05, 3.63) is 23.3 Å². The van der Waals surface area contributed by atoms with Crippen LogP contribution in [0.1, 0.15) is 33.6 Å². The fourth-order valence-electron chi connectivity index (χ4n) is 0.987. The minimum absolute atomic E-state index is 0.00926. The standard InChI is InChI=1S/C8H12O4.C4H6O2/c1-3-5(7(9)10)6(4-2)8(11)12;1-3(2)4(5)6/h3-4H2,1-2H3,(H,9,10)(H,11,12);1H2,2H3,(H,5,6)/b6-5+;. The maximum Gasteiger partial charge on any atom is 0.332 e. The summed E-state index contributed by atoms with van der Waals surface area (Å²) in [6.07, 6.45) is 0.482. The third-order valence-electron chi connectivity index (χ3n) is 1.95. The topological polar surface area (TPSA) is 112 Å². The van der Waals surface area contributed by atoms with E-state index in [1.807, 2.05) is 0 Å². The molecule has 0 rings (SSSR count). The van der Waals surface area contributed by atoms with Crippen LogP contribution < -0.4 is 0 Å². The lowest BCUT2D eigenvalue weighted by atomic mass is 10.0. The molecule has 0 atom stereocenters. The van der Waals surface area contributed by atoms with E-state index in [9.17, 15) is 14.4 Å². The van der Waals surface area contributed by atoms with Gasteiger partial charge in [0, 0.05) is 16.7 Å². The number of aliphatic carboxylic acids is 3. The van der Waals surface area contributed by atoms with E-state index in [1.165, 1.54) is 6.92 Å². The Morgan fingerprint density at radius 2 is 1.06 bits per heavy atom. The van der Waals surface area contributed by atoms with Gasteiger partial charge in [0.05, 0.1) is 0 Å². The highest BCUT2D eigenvalue weighted by atomic mass is 16.4. The third kappa shape index (κ3) is 7.21. The Hall–Kier alpha value is -2.11. The number of hydrogen-bond acceptors (Lipinski definition) is 3. The minimum atomic E-state index is -1.14. The minimum Gasteiger partial charge on any atom is -0.478 e. The van der Waals surface area contributed by atoms with Crippen LogP contribution in [0.5, 0.6) is 0 Å². The normalized spacial score (nSPS) is 10.6. The van der Waals surface area contributed by atoms with E-state index in [4.69, 9.17) is 15.3 Å². The lowest BCUT2D eigenvalue weighted by Gasteiger charge is -2.03. The van der Waals surface area contributed by atoms with E-state index in [1.54, 1.807) is 13.8 Å². The van der Waals surface area contributed by atoms with Crippen molar-refractivity contribution < 1.29 is 29.7 Å². The quantitative estimate of drug-likeness (QED) is 0.649. The van der Waals surface area contributed by atoms with Gasteiger partial charge in [0.2, 0.25) is 0 Å². The first kappa shape index (κ1) is 18.3. The zero-order valence-corrected chi connectivity index (χ0v) is 10.7. The molecule has 102 valence electrons. The Kier molecular flexibility index (Phi) is 9.11. The molecule has 6 heteroatoms. The SMILES string of the molecule is C=C(C)C(=O)O.CC/C(C(=O)O)=C(/CC)C(=O)O. The number of hydrogen-bond donors (Lipinski definition) is 3. The average molecular weight is 258 g/mol. The van der Waals surface area contributed by atoms with Gasteiger partial charge in [0.25, 0.3) is 0 Å². The van der Waals surface area contributed by atoms with Gasteiger partial charge in [-0.3, -0.25) is 0 Å². The highest BCUT2D eigenvalue weighted by molar-refractivity contribution is 5.98. The lowest BCUT2D eigenvalue weighted by molar-refractivity contribution is -0.136. The van der Waals surface area contributed by atoms with Crippen molar-refractivity contribution in [1.82, 2.24) is 0 Å². The van der Waals surface area contributed by atoms with E-state index in [-0.39, 0.29) is 29.6 Å². The molecule has 0 spiro atoms. The first-order valence-corrected chi connectivity index (χ1v) is 5.26. The second-order valence-corrected chi connectivity index (χ2v) is 3.36. The largest absolute Gasteiger partial charge is 0.478 e. The summed E-state index contributed by atoms with van der Waals surface area (Å²) in [5.41, 5.74) is 0.157. The van der Waals surface area contributed by atoms with Crippen molar-refractivity contribution in [3.8, 4) is 0 Å². The zero-order chi connectivity index (χ0) is 14.9. The van der Waals surface area contributed by atoms with Gasteiger partial charge in [-0.15, -0.1) is 0 Å². The summed E-state index contributed by atoms with van der Waals surface area (Å²) in [4.78, 5) is 30.6. The van der Waals surface area contributed by atoms with Crippen molar-refractivity contribution in [1.29, 1.82) is 0 Å². The Balaban J connectivity index is 0. The molecule has 0 aliphatic rings. The third-order valence-corrected chi connectivity index (χ3v) is 1.95. The van der Waals surface area contributed by atoms with Crippen LogP contribution in [-0.2, 0) is 14.4 Å². The van der Waals surface area contributed by atoms with Crippen molar-refractivity contribution in [3.63, 3.8) is 0 Å². The van der Waals surface area contributed by atoms with Crippen LogP contribution in [0.3, 0.4) is 0 Å². The van der Waals surface area contributed by atoms with Gasteiger partial charge in [-0.2, -0.15) is 0 Å². The van der Waals surface area contributed by atoms with Gasteiger partial charge < -0.3 is 15.3 Å². The first-order chi connectivity index (χ1) is 8.18. The second-order valence-electron chi connectivity index (χ2n) is 3.36. The van der Waals surface area contributed by atoms with E-state index < -0.39 is 17.9 Å². The number of rotatable bonds is 5. The van der Waals surface area contributed by atoms with Crippen molar-refractivity contribution in [2.24, 2.45) is 0 Å². The Labute approximate surface area is 105 Å². The van der Waals surface area contributed by atoms with Crippen LogP contribution in [0.4, 0.5) is 0 Å². The molecule has 0 unspecified atom stereocenters. The molecule has 0 aromatic rings. The van der Waals surface area contributed by atoms with Crippen molar-refractivity contribution in [2.45, 2.75) is 33.6 Å². The van der Waals surface area contributed by atoms with Crippen LogP contribution in [0.15, 0.2) is 23.3 Å². The van der Waals surface area contributed by atoms with Crippen molar-refractivity contribution >= 4 is 17.9 Å². The van der Waals surface area contributed by atoms with Crippen LogP contribution in [0.25, 0.3) is 0 Å². The predicted octanol–water partition coefficient (Wildman–Crippen LogP) is 1.92. The van der Waals surface area contributed by atoms with E-state index in [0.717, 1.165) is 0 Å². The molecule has 0 aromatic carbocycles. The van der Waals surface area contributed by atoms with Gasteiger partial charge in [0.1, 0.15) is 0 Å². The summed E-state index contributed by atoms with van der Waals surface area (Å²) in [7, 11) is 0. The molecule has 6 nitrogen and oxygen atoms in total. The maximum atomic E-state index is 10.5. The van der Waals surface area contributed by atoms with E-state index in [2.05, 4.69) is 6.58 Å². The molecule has 0 aliphatic carbocycles. The summed E-state index contributed by atoms with van der Waals surface area (Å²) in [5.74, 6) is -3.22. The van der Waals surface area contributed by atoms with Crippen LogP contribution in [0, 0.1) is 0 Å². The molecule has 0 amide bonds. The van der Waals surface area contributed by atoms with Crippen molar-refractivity contribution in [2.75, 3.05) is 0 Å². The highest BCUT2D eigenvalue weighted by Gasteiger charge is 2.16. The molecule has 0 aliphatic heterocycles. The summed E-state index contributed by atoms with van der Waals surface area (Å²) >= 11 is 0. The average Bonchev–Trinajstić information content (AvgIpc) is 2.25. The Bertz CT molecular complexity index is 342. The molecule has 3 N–H and O–H groups in total. The van der Waals surface area contributed by atoms with Gasteiger partial charge in [-0.05, 0) is 19.8 Å². The second kappa shape index (κ2) is 8.98. The molecule has 0 saturated carbocycles. The number of carbonyl (C=O) groups is 3. The van der Waals surface area contributed by atoms with Crippen LogP contribution >= 0.6 is 0 Å². The zero-order valence-electron chi connectivity index (χ0n) is 10.7. The summed E-state index contributed by atoms with van der Waals surface area (Å²) in [6.45, 7) is 7.86. The molecule has 0 aromatic heterocycles. The highest BCUT2D eigenvalue weighted by Crippen LogP contribution is 2.12. The fourth-order valence-corrected chi connectivity index (χ4v) is 0.987. The number of carboxylic acids is 3. The van der Waals surface area contributed by atoms with Gasteiger partial charge in [-0.1, -0.05) is 20.4 Å². The van der Waals surface area contributed by atoms with E-state index in [0.29, 0.717) is 0 Å². The summed E-state index contributed by atoms with van der Waals surface area (Å²) < 4.78 is 0. The Morgan fingerprint density at radius 1 is 0.833 bits per heavy atom. The predicted molar refractivity (Wildman–Crippen MR) is 65.3 cm³/mol. The molecule has 18 heavy (non-hydrogen) atoms. The summed E-state index contributed by atoms with van der Waals surface area (Å²) in [6, 6.07) is 0. The van der Waals surface area contributed by atoms with Gasteiger partial charge in [-0.25, -0.2) is 14.4 Å². The molecule has 0 saturated heterocycles. The van der Waals surface area contributed by atoms with Gasteiger partial charge >= 0.3 is 17.9 Å². The maximum absolute atomic E-state index is 10.5. The molecule has 0 heterocycles. The molecule has 0 fully saturated rings. The molecule has 0 radical (unpaired) electrons. The lowest BCUT2D eigenvalue weighted by Crippen LogP contribution is -2.10. The molecular weight excluding hydrogens is 240 g/mol. The molecular formula is C12H18O6. The first-order valence-electron chi connectivity index (χ1n) is 5.26. The Morgan fingerprint density at radius 3 is 1.11 bits per heavy atom. The smallest absolute Gasteiger partial charge is 0.332 e. The fraction of sp³-hybridized carbons (Fsp3) is 0.417. The number of carboxylic acid groups (broad SMARTS) is 3. The van der Waals surface area contributed by atoms with Crippen LogP contribution in [0.2, 0.25) is 0 Å².